The van der Waals surface area contributed by atoms with Crippen LogP contribution in [0.2, 0.25) is 0 Å². The van der Waals surface area contributed by atoms with E-state index in [9.17, 15) is 0 Å². The molecule has 0 amide bonds. The van der Waals surface area contributed by atoms with E-state index in [2.05, 4.69) is 58.8 Å². The summed E-state index contributed by atoms with van der Waals surface area (Å²) in [4.78, 5) is 3.22. The molecule has 1 aromatic heterocycles. The van der Waals surface area contributed by atoms with Crippen LogP contribution in [0.3, 0.4) is 0 Å². The van der Waals surface area contributed by atoms with Gasteiger partial charge in [0.25, 0.3) is 0 Å². The normalized spacial score (nSPS) is 11.1. The molecule has 108 valence electrons. The number of nitrogens with one attached hydrogen (secondary N) is 2. The van der Waals surface area contributed by atoms with E-state index < -0.39 is 0 Å². The Hall–Kier alpha value is -2.10. The van der Waals surface area contributed by atoms with E-state index >= 15 is 0 Å². The Morgan fingerprint density at radius 2 is 1.86 bits per heavy atom. The number of ether oxygens (including phenoxy) is 1. The lowest BCUT2D eigenvalue weighted by Crippen LogP contribution is -2.14. The van der Waals surface area contributed by atoms with E-state index in [4.69, 9.17) is 4.74 Å². The first-order chi connectivity index (χ1) is 10.4. The minimum atomic E-state index is 0.660. The van der Waals surface area contributed by atoms with E-state index in [0.29, 0.717) is 6.61 Å². The summed E-state index contributed by atoms with van der Waals surface area (Å²) in [6.45, 7) is 2.38. The molecule has 0 unspecified atom stereocenters. The SMILES string of the molecule is COCc1ccccc1CNCc1ccc2[nH]ccc2c1. The molecule has 0 aliphatic heterocycles. The zero-order chi connectivity index (χ0) is 14.5. The highest BCUT2D eigenvalue weighted by Crippen LogP contribution is 2.15. The maximum atomic E-state index is 5.24. The number of aromatic amines is 1. The van der Waals surface area contributed by atoms with E-state index in [1.165, 1.54) is 27.6 Å². The van der Waals surface area contributed by atoms with E-state index in [1.807, 2.05) is 6.20 Å². The maximum Gasteiger partial charge on any atom is 0.0716 e. The quantitative estimate of drug-likeness (QED) is 0.724. The molecule has 3 aromatic rings. The predicted octanol–water partition coefficient (Wildman–Crippen LogP) is 3.60. The largest absolute Gasteiger partial charge is 0.380 e. The second-order valence-electron chi connectivity index (χ2n) is 5.20. The van der Waals surface area contributed by atoms with Crippen molar-refractivity contribution in [2.75, 3.05) is 7.11 Å². The lowest BCUT2D eigenvalue weighted by molar-refractivity contribution is 0.184. The summed E-state index contributed by atoms with van der Waals surface area (Å²) in [5.74, 6) is 0. The molecule has 3 nitrogen and oxygen atoms in total. The van der Waals surface area contributed by atoms with Crippen LogP contribution in [0.25, 0.3) is 10.9 Å². The molecule has 2 N–H and O–H groups in total. The van der Waals surface area contributed by atoms with E-state index in [-0.39, 0.29) is 0 Å². The predicted molar refractivity (Wildman–Crippen MR) is 86.0 cm³/mol. The molecular weight excluding hydrogens is 260 g/mol. The van der Waals surface area contributed by atoms with Gasteiger partial charge in [0.15, 0.2) is 0 Å². The Bertz CT molecular complexity index is 718. The first-order valence-corrected chi connectivity index (χ1v) is 7.19. The molecular formula is C18H20N2O. The minimum absolute atomic E-state index is 0.660. The molecule has 1 heterocycles. The zero-order valence-electron chi connectivity index (χ0n) is 12.2. The average molecular weight is 280 g/mol. The second-order valence-corrected chi connectivity index (χ2v) is 5.20. The summed E-state index contributed by atoms with van der Waals surface area (Å²) >= 11 is 0. The highest BCUT2D eigenvalue weighted by Gasteiger charge is 2.02. The van der Waals surface area contributed by atoms with Crippen LogP contribution in [0.15, 0.2) is 54.7 Å². The van der Waals surface area contributed by atoms with Crippen molar-refractivity contribution in [1.82, 2.24) is 10.3 Å². The fourth-order valence-electron chi connectivity index (χ4n) is 2.58. The molecule has 0 saturated heterocycles. The van der Waals surface area contributed by atoms with Gasteiger partial charge in [-0.05, 0) is 40.3 Å². The fraction of sp³-hybridized carbons (Fsp3) is 0.222. The average Bonchev–Trinajstić information content (AvgIpc) is 2.97. The van der Waals surface area contributed by atoms with Gasteiger partial charge in [-0.1, -0.05) is 30.3 Å². The number of methoxy groups -OCH3 is 1. The number of H-pyrrole nitrogens is 1. The molecule has 3 heteroatoms. The smallest absolute Gasteiger partial charge is 0.0716 e. The Morgan fingerprint density at radius 1 is 1.00 bits per heavy atom. The van der Waals surface area contributed by atoms with Crippen molar-refractivity contribution in [2.45, 2.75) is 19.7 Å². The Balaban J connectivity index is 1.63. The number of aromatic nitrogens is 1. The summed E-state index contributed by atoms with van der Waals surface area (Å²) in [6, 6.07) is 17.0. The van der Waals surface area contributed by atoms with Gasteiger partial charge in [-0.25, -0.2) is 0 Å². The van der Waals surface area contributed by atoms with E-state index in [1.54, 1.807) is 7.11 Å². The highest BCUT2D eigenvalue weighted by molar-refractivity contribution is 5.79. The van der Waals surface area contributed by atoms with Crippen LogP contribution in [-0.4, -0.2) is 12.1 Å². The standard InChI is InChI=1S/C18H20N2O/c1-21-13-17-5-3-2-4-16(17)12-19-11-14-6-7-18-15(10-14)8-9-20-18/h2-10,19-20H,11-13H2,1H3. The molecule has 0 aliphatic rings. The molecule has 0 saturated carbocycles. The van der Waals surface area contributed by atoms with Crippen molar-refractivity contribution in [1.29, 1.82) is 0 Å². The summed E-state index contributed by atoms with van der Waals surface area (Å²) in [5.41, 5.74) is 5.02. The summed E-state index contributed by atoms with van der Waals surface area (Å²) < 4.78 is 5.24. The van der Waals surface area contributed by atoms with Crippen molar-refractivity contribution < 1.29 is 4.74 Å². The van der Waals surface area contributed by atoms with Gasteiger partial charge in [0.2, 0.25) is 0 Å². The summed E-state index contributed by atoms with van der Waals surface area (Å²) in [7, 11) is 1.73. The number of rotatable bonds is 6. The van der Waals surface area contributed by atoms with Crippen molar-refractivity contribution in [3.8, 4) is 0 Å². The van der Waals surface area contributed by atoms with Gasteiger partial charge in [0.1, 0.15) is 0 Å². The Kier molecular flexibility index (Phi) is 4.34. The minimum Gasteiger partial charge on any atom is -0.380 e. The van der Waals surface area contributed by atoms with Gasteiger partial charge in [0.05, 0.1) is 6.61 Å². The van der Waals surface area contributed by atoms with Crippen molar-refractivity contribution in [2.24, 2.45) is 0 Å². The molecule has 21 heavy (non-hydrogen) atoms. The monoisotopic (exact) mass is 280 g/mol. The number of fused-ring (bicyclic) bond motifs is 1. The molecule has 3 rings (SSSR count). The van der Waals surface area contributed by atoms with E-state index in [0.717, 1.165) is 13.1 Å². The summed E-state index contributed by atoms with van der Waals surface area (Å²) in [5, 5.41) is 4.77. The lowest BCUT2D eigenvalue weighted by Gasteiger charge is -2.10. The van der Waals surface area contributed by atoms with Crippen LogP contribution < -0.4 is 5.32 Å². The van der Waals surface area contributed by atoms with Crippen LogP contribution in [0.5, 0.6) is 0 Å². The van der Waals surface area contributed by atoms with Crippen LogP contribution in [-0.2, 0) is 24.4 Å². The van der Waals surface area contributed by atoms with Gasteiger partial charge >= 0.3 is 0 Å². The first kappa shape index (κ1) is 13.9. The third kappa shape index (κ3) is 3.32. The topological polar surface area (TPSA) is 37.0 Å². The second kappa shape index (κ2) is 6.57. The molecule has 0 bridgehead atoms. The van der Waals surface area contributed by atoms with Crippen LogP contribution in [0, 0.1) is 0 Å². The van der Waals surface area contributed by atoms with Crippen molar-refractivity contribution in [3.63, 3.8) is 0 Å². The number of hydrogen-bond donors (Lipinski definition) is 2. The third-order valence-electron chi connectivity index (χ3n) is 3.68. The number of benzene rings is 2. The zero-order valence-corrected chi connectivity index (χ0v) is 12.2. The lowest BCUT2D eigenvalue weighted by atomic mass is 10.1. The van der Waals surface area contributed by atoms with Crippen LogP contribution in [0.4, 0.5) is 0 Å². The van der Waals surface area contributed by atoms with Gasteiger partial charge in [-0.3, -0.25) is 0 Å². The first-order valence-electron chi connectivity index (χ1n) is 7.19. The van der Waals surface area contributed by atoms with Gasteiger partial charge < -0.3 is 15.0 Å². The fourth-order valence-corrected chi connectivity index (χ4v) is 2.58. The van der Waals surface area contributed by atoms with Crippen molar-refractivity contribution >= 4 is 10.9 Å². The summed E-state index contributed by atoms with van der Waals surface area (Å²) in [6.07, 6.45) is 1.98. The van der Waals surface area contributed by atoms with Crippen LogP contribution >= 0.6 is 0 Å². The Labute approximate surface area is 125 Å². The van der Waals surface area contributed by atoms with Crippen molar-refractivity contribution in [3.05, 3.63) is 71.4 Å². The maximum absolute atomic E-state index is 5.24. The number of hydrogen-bond acceptors (Lipinski definition) is 2. The molecule has 0 spiro atoms. The Morgan fingerprint density at radius 3 is 2.71 bits per heavy atom. The van der Waals surface area contributed by atoms with Gasteiger partial charge in [-0.15, -0.1) is 0 Å². The van der Waals surface area contributed by atoms with Gasteiger partial charge in [-0.2, -0.15) is 0 Å². The molecule has 0 aliphatic carbocycles. The van der Waals surface area contributed by atoms with Crippen LogP contribution in [0.1, 0.15) is 16.7 Å². The molecule has 0 radical (unpaired) electrons. The molecule has 0 atom stereocenters. The molecule has 2 aromatic carbocycles. The van der Waals surface area contributed by atoms with Gasteiger partial charge in [0, 0.05) is 31.9 Å². The highest BCUT2D eigenvalue weighted by atomic mass is 16.5. The molecule has 0 fully saturated rings. The third-order valence-corrected chi connectivity index (χ3v) is 3.68.